The number of nitriles is 1. The first-order chi connectivity index (χ1) is 11.0. The largest absolute Gasteiger partial charge is 0.479 e. The van der Waals surface area contributed by atoms with E-state index in [-0.39, 0.29) is 17.4 Å². The Balaban J connectivity index is 2.04. The highest BCUT2D eigenvalue weighted by atomic mass is 16.6. The van der Waals surface area contributed by atoms with Crippen LogP contribution in [0, 0.1) is 11.3 Å². The lowest BCUT2D eigenvalue weighted by Crippen LogP contribution is -2.24. The number of ether oxygens (including phenoxy) is 3. The van der Waals surface area contributed by atoms with Gasteiger partial charge in [0.05, 0.1) is 13.3 Å². The molecule has 1 atom stereocenters. The first-order valence-electron chi connectivity index (χ1n) is 6.58. The maximum absolute atomic E-state index is 11.3. The zero-order chi connectivity index (χ0) is 16.8. The minimum absolute atomic E-state index is 0.0260. The van der Waals surface area contributed by atoms with Crippen LogP contribution in [0.1, 0.15) is 12.5 Å². The summed E-state index contributed by atoms with van der Waals surface area (Å²) in [6, 6.07) is 8.39. The normalized spacial score (nSPS) is 11.2. The van der Waals surface area contributed by atoms with Gasteiger partial charge in [0.15, 0.2) is 6.10 Å². The molecule has 0 saturated heterocycles. The average molecular weight is 314 g/mol. The number of rotatable bonds is 5. The molecule has 2 N–H and O–H groups in total. The van der Waals surface area contributed by atoms with Crippen molar-refractivity contribution in [2.75, 3.05) is 12.8 Å². The number of benzene rings is 1. The second-order valence-electron chi connectivity index (χ2n) is 4.42. The number of methoxy groups -OCH3 is 1. The predicted octanol–water partition coefficient (Wildman–Crippen LogP) is 1.66. The Labute approximate surface area is 132 Å². The van der Waals surface area contributed by atoms with E-state index in [4.69, 9.17) is 20.5 Å². The van der Waals surface area contributed by atoms with Gasteiger partial charge >= 0.3 is 12.0 Å². The Bertz CT molecular complexity index is 740. The van der Waals surface area contributed by atoms with E-state index in [1.165, 1.54) is 13.3 Å². The summed E-state index contributed by atoms with van der Waals surface area (Å²) in [5, 5.41) is 8.76. The van der Waals surface area contributed by atoms with Gasteiger partial charge in [-0.2, -0.15) is 10.2 Å². The van der Waals surface area contributed by atoms with Crippen LogP contribution in [0.4, 0.5) is 5.82 Å². The molecule has 23 heavy (non-hydrogen) atoms. The van der Waals surface area contributed by atoms with E-state index in [0.29, 0.717) is 11.5 Å². The second-order valence-corrected chi connectivity index (χ2v) is 4.42. The van der Waals surface area contributed by atoms with Crippen LogP contribution >= 0.6 is 0 Å². The lowest BCUT2D eigenvalue weighted by atomic mass is 10.3. The number of hydrogen-bond donors (Lipinski definition) is 1. The molecule has 8 nitrogen and oxygen atoms in total. The zero-order valence-electron chi connectivity index (χ0n) is 12.5. The van der Waals surface area contributed by atoms with Crippen molar-refractivity contribution in [1.29, 1.82) is 5.26 Å². The standard InChI is InChI=1S/C15H14N4O4/c1-9(14(20)21-2)22-11-3-5-12(6-4-11)23-15-18-8-10(7-16)13(17)19-15/h3-6,8-9H,1-2H3,(H2,17,18,19). The van der Waals surface area contributed by atoms with Gasteiger partial charge in [0.2, 0.25) is 0 Å². The van der Waals surface area contributed by atoms with Crippen LogP contribution in [-0.4, -0.2) is 29.2 Å². The maximum Gasteiger partial charge on any atom is 0.346 e. The number of carbonyl (C=O) groups excluding carboxylic acids is 1. The van der Waals surface area contributed by atoms with Crippen LogP contribution in [0.5, 0.6) is 17.5 Å². The summed E-state index contributed by atoms with van der Waals surface area (Å²) in [4.78, 5) is 19.0. The zero-order valence-corrected chi connectivity index (χ0v) is 12.5. The van der Waals surface area contributed by atoms with Crippen LogP contribution in [0.3, 0.4) is 0 Å². The molecule has 0 saturated carbocycles. The van der Waals surface area contributed by atoms with E-state index in [9.17, 15) is 4.79 Å². The van der Waals surface area contributed by atoms with Gasteiger partial charge in [0.25, 0.3) is 0 Å². The smallest absolute Gasteiger partial charge is 0.346 e. The van der Waals surface area contributed by atoms with Crippen LogP contribution in [0.25, 0.3) is 0 Å². The fourth-order valence-electron chi connectivity index (χ4n) is 1.62. The van der Waals surface area contributed by atoms with Crippen molar-refractivity contribution in [3.63, 3.8) is 0 Å². The van der Waals surface area contributed by atoms with Gasteiger partial charge in [-0.1, -0.05) is 0 Å². The van der Waals surface area contributed by atoms with Crippen molar-refractivity contribution in [2.24, 2.45) is 0 Å². The van der Waals surface area contributed by atoms with Gasteiger partial charge in [-0.3, -0.25) is 0 Å². The number of anilines is 1. The molecule has 2 rings (SSSR count). The van der Waals surface area contributed by atoms with E-state index in [0.717, 1.165) is 0 Å². The first-order valence-corrected chi connectivity index (χ1v) is 6.58. The molecule has 0 radical (unpaired) electrons. The highest BCUT2D eigenvalue weighted by Crippen LogP contribution is 2.23. The number of carbonyl (C=O) groups is 1. The van der Waals surface area contributed by atoms with Crippen molar-refractivity contribution in [3.05, 3.63) is 36.0 Å². The molecule has 0 fully saturated rings. The lowest BCUT2D eigenvalue weighted by Gasteiger charge is -2.12. The van der Waals surface area contributed by atoms with Crippen molar-refractivity contribution in [1.82, 2.24) is 9.97 Å². The third-order valence-corrected chi connectivity index (χ3v) is 2.80. The van der Waals surface area contributed by atoms with E-state index in [1.807, 2.05) is 6.07 Å². The molecule has 8 heteroatoms. The molecular formula is C15H14N4O4. The molecule has 0 aliphatic heterocycles. The van der Waals surface area contributed by atoms with Crippen LogP contribution in [-0.2, 0) is 9.53 Å². The predicted molar refractivity (Wildman–Crippen MR) is 79.8 cm³/mol. The SMILES string of the molecule is COC(=O)C(C)Oc1ccc(Oc2ncc(C#N)c(N)n2)cc1. The van der Waals surface area contributed by atoms with Gasteiger partial charge in [-0.05, 0) is 31.2 Å². The minimum Gasteiger partial charge on any atom is -0.479 e. The molecule has 1 aromatic heterocycles. The maximum atomic E-state index is 11.3. The van der Waals surface area contributed by atoms with E-state index < -0.39 is 12.1 Å². The van der Waals surface area contributed by atoms with E-state index in [1.54, 1.807) is 31.2 Å². The molecule has 0 amide bonds. The summed E-state index contributed by atoms with van der Waals surface area (Å²) in [6.07, 6.45) is 0.570. The molecule has 1 heterocycles. The second kappa shape index (κ2) is 7.09. The quantitative estimate of drug-likeness (QED) is 0.827. The highest BCUT2D eigenvalue weighted by molar-refractivity contribution is 5.74. The Kier molecular flexibility index (Phi) is 4.94. The summed E-state index contributed by atoms with van der Waals surface area (Å²) < 4.78 is 15.4. The first kappa shape index (κ1) is 16.0. The van der Waals surface area contributed by atoms with Crippen LogP contribution in [0.15, 0.2) is 30.5 Å². The number of nitrogens with two attached hydrogens (primary N) is 1. The van der Waals surface area contributed by atoms with Gasteiger partial charge < -0.3 is 19.9 Å². The van der Waals surface area contributed by atoms with Gasteiger partial charge in [0.1, 0.15) is 28.9 Å². The molecule has 0 spiro atoms. The van der Waals surface area contributed by atoms with Gasteiger partial charge in [0, 0.05) is 0 Å². The molecule has 118 valence electrons. The van der Waals surface area contributed by atoms with Crippen molar-refractivity contribution in [3.8, 4) is 23.6 Å². The fourth-order valence-corrected chi connectivity index (χ4v) is 1.62. The Hall–Kier alpha value is -3.34. The summed E-state index contributed by atoms with van der Waals surface area (Å²) >= 11 is 0. The van der Waals surface area contributed by atoms with E-state index in [2.05, 4.69) is 14.7 Å². The molecule has 1 unspecified atom stereocenters. The summed E-state index contributed by atoms with van der Waals surface area (Å²) in [5.41, 5.74) is 5.77. The third kappa shape index (κ3) is 4.07. The number of hydrogen-bond acceptors (Lipinski definition) is 8. The number of nitrogens with zero attached hydrogens (tertiary/aromatic N) is 3. The Morgan fingerprint density at radius 3 is 2.52 bits per heavy atom. The molecule has 0 bridgehead atoms. The molecular weight excluding hydrogens is 300 g/mol. The molecule has 0 aliphatic carbocycles. The molecule has 0 aliphatic rings. The minimum atomic E-state index is -0.714. The number of aromatic nitrogens is 2. The summed E-state index contributed by atoms with van der Waals surface area (Å²) in [7, 11) is 1.29. The highest BCUT2D eigenvalue weighted by Gasteiger charge is 2.14. The topological polar surface area (TPSA) is 120 Å². The summed E-state index contributed by atoms with van der Waals surface area (Å²) in [6.45, 7) is 1.59. The van der Waals surface area contributed by atoms with Crippen molar-refractivity contribution in [2.45, 2.75) is 13.0 Å². The Morgan fingerprint density at radius 2 is 1.96 bits per heavy atom. The monoisotopic (exact) mass is 314 g/mol. The Morgan fingerprint density at radius 1 is 1.30 bits per heavy atom. The summed E-state index contributed by atoms with van der Waals surface area (Å²) in [5.74, 6) is 0.513. The molecule has 2 aromatic rings. The van der Waals surface area contributed by atoms with Crippen molar-refractivity contribution < 1.29 is 19.0 Å². The fraction of sp³-hybridized carbons (Fsp3) is 0.200. The van der Waals surface area contributed by atoms with Crippen molar-refractivity contribution >= 4 is 11.8 Å². The lowest BCUT2D eigenvalue weighted by molar-refractivity contribution is -0.147. The number of nitrogen functional groups attached to an aromatic ring is 1. The molecule has 1 aromatic carbocycles. The van der Waals surface area contributed by atoms with Gasteiger partial charge in [-0.25, -0.2) is 9.78 Å². The number of esters is 1. The van der Waals surface area contributed by atoms with Crippen LogP contribution in [0.2, 0.25) is 0 Å². The third-order valence-electron chi connectivity index (χ3n) is 2.80. The van der Waals surface area contributed by atoms with Gasteiger partial charge in [-0.15, -0.1) is 0 Å². The van der Waals surface area contributed by atoms with E-state index >= 15 is 0 Å². The van der Waals surface area contributed by atoms with Crippen LogP contribution < -0.4 is 15.2 Å². The average Bonchev–Trinajstić information content (AvgIpc) is 2.56.